The number of rotatable bonds is 8. The molecule has 5 nitrogen and oxygen atoms in total. The SMILES string of the molecule is CCc1ccccc1NC(=S)N(CCC[NH+]1CCOCC1)Cc1ccco1. The minimum Gasteiger partial charge on any atom is -0.467 e. The van der Waals surface area contributed by atoms with E-state index >= 15 is 0 Å². The van der Waals surface area contributed by atoms with Gasteiger partial charge in [-0.05, 0) is 42.4 Å². The van der Waals surface area contributed by atoms with E-state index in [2.05, 4.69) is 35.3 Å². The molecule has 1 aliphatic rings. The zero-order chi connectivity index (χ0) is 18.9. The highest BCUT2D eigenvalue weighted by atomic mass is 32.1. The second kappa shape index (κ2) is 10.4. The number of thiocarbonyl (C=S) groups is 1. The Morgan fingerprint density at radius 1 is 1.19 bits per heavy atom. The van der Waals surface area contributed by atoms with Crippen molar-refractivity contribution in [3.63, 3.8) is 0 Å². The molecule has 0 unspecified atom stereocenters. The van der Waals surface area contributed by atoms with Gasteiger partial charge in [-0.15, -0.1) is 0 Å². The highest BCUT2D eigenvalue weighted by molar-refractivity contribution is 7.80. The Kier molecular flexibility index (Phi) is 7.68. The predicted molar refractivity (Wildman–Crippen MR) is 112 cm³/mol. The Bertz CT molecular complexity index is 699. The summed E-state index contributed by atoms with van der Waals surface area (Å²) in [6.45, 7) is 8.85. The van der Waals surface area contributed by atoms with Crippen LogP contribution >= 0.6 is 12.2 Å². The van der Waals surface area contributed by atoms with Crippen LogP contribution in [0.2, 0.25) is 0 Å². The Morgan fingerprint density at radius 3 is 2.74 bits per heavy atom. The molecule has 6 heteroatoms. The number of quaternary nitrogens is 1. The lowest BCUT2D eigenvalue weighted by molar-refractivity contribution is -0.908. The predicted octanol–water partition coefficient (Wildman–Crippen LogP) is 2.35. The quantitative estimate of drug-likeness (QED) is 0.680. The zero-order valence-electron chi connectivity index (χ0n) is 16.1. The van der Waals surface area contributed by atoms with Gasteiger partial charge in [0, 0.05) is 18.7 Å². The maximum Gasteiger partial charge on any atom is 0.173 e. The van der Waals surface area contributed by atoms with Gasteiger partial charge >= 0.3 is 0 Å². The van der Waals surface area contributed by atoms with Crippen molar-refractivity contribution in [2.24, 2.45) is 0 Å². The second-order valence-electron chi connectivity index (χ2n) is 6.91. The number of morpholine rings is 1. The van der Waals surface area contributed by atoms with Crippen LogP contribution in [-0.2, 0) is 17.7 Å². The maximum absolute atomic E-state index is 5.75. The molecule has 1 aromatic heterocycles. The second-order valence-corrected chi connectivity index (χ2v) is 7.29. The summed E-state index contributed by atoms with van der Waals surface area (Å²) in [5, 5.41) is 4.21. The Hall–Kier alpha value is -1.89. The molecule has 1 aliphatic heterocycles. The lowest BCUT2D eigenvalue weighted by Crippen LogP contribution is -3.14. The average molecular weight is 389 g/mol. The van der Waals surface area contributed by atoms with Crippen LogP contribution in [0.25, 0.3) is 0 Å². The molecule has 1 fully saturated rings. The summed E-state index contributed by atoms with van der Waals surface area (Å²) in [6, 6.07) is 12.3. The third-order valence-electron chi connectivity index (χ3n) is 5.01. The van der Waals surface area contributed by atoms with E-state index in [1.54, 1.807) is 11.2 Å². The first-order chi connectivity index (χ1) is 13.3. The normalized spacial score (nSPS) is 14.9. The first kappa shape index (κ1) is 19.9. The van der Waals surface area contributed by atoms with E-state index in [0.29, 0.717) is 6.54 Å². The Balaban J connectivity index is 1.60. The van der Waals surface area contributed by atoms with Crippen LogP contribution in [-0.4, -0.2) is 49.4 Å². The zero-order valence-corrected chi connectivity index (χ0v) is 16.9. The Labute approximate surface area is 167 Å². The van der Waals surface area contributed by atoms with E-state index in [9.17, 15) is 0 Å². The van der Waals surface area contributed by atoms with Crippen LogP contribution in [0.3, 0.4) is 0 Å². The number of nitrogens with zero attached hydrogens (tertiary/aromatic N) is 1. The van der Waals surface area contributed by atoms with Crippen molar-refractivity contribution in [3.8, 4) is 0 Å². The summed E-state index contributed by atoms with van der Waals surface area (Å²) < 4.78 is 11.0. The molecule has 0 radical (unpaired) electrons. The number of furan rings is 1. The minimum absolute atomic E-state index is 0.686. The first-order valence-corrected chi connectivity index (χ1v) is 10.2. The molecule has 0 atom stereocenters. The van der Waals surface area contributed by atoms with E-state index < -0.39 is 0 Å². The summed E-state index contributed by atoms with van der Waals surface area (Å²) in [5.74, 6) is 0.932. The molecule has 1 saturated heterocycles. The van der Waals surface area contributed by atoms with Crippen LogP contribution in [0.15, 0.2) is 47.1 Å². The van der Waals surface area contributed by atoms with E-state index in [1.807, 2.05) is 18.2 Å². The van der Waals surface area contributed by atoms with Gasteiger partial charge in [0.2, 0.25) is 0 Å². The molecule has 0 spiro atoms. The molecule has 0 aliphatic carbocycles. The molecular formula is C21H30N3O2S+. The van der Waals surface area contributed by atoms with Crippen LogP contribution in [0.4, 0.5) is 5.69 Å². The van der Waals surface area contributed by atoms with Gasteiger partial charge < -0.3 is 24.3 Å². The fourth-order valence-electron chi connectivity index (χ4n) is 3.42. The van der Waals surface area contributed by atoms with Crippen molar-refractivity contribution in [3.05, 3.63) is 54.0 Å². The summed E-state index contributed by atoms with van der Waals surface area (Å²) >= 11 is 5.75. The molecule has 27 heavy (non-hydrogen) atoms. The highest BCUT2D eigenvalue weighted by Crippen LogP contribution is 2.17. The van der Waals surface area contributed by atoms with Gasteiger partial charge in [-0.1, -0.05) is 25.1 Å². The number of para-hydroxylation sites is 1. The van der Waals surface area contributed by atoms with Gasteiger partial charge in [-0.25, -0.2) is 0 Å². The van der Waals surface area contributed by atoms with E-state index in [0.717, 1.165) is 68.8 Å². The smallest absolute Gasteiger partial charge is 0.173 e. The topological polar surface area (TPSA) is 42.1 Å². The molecule has 2 aromatic rings. The number of nitrogens with one attached hydrogen (secondary N) is 2. The third kappa shape index (κ3) is 6.06. The molecule has 2 heterocycles. The Morgan fingerprint density at radius 2 is 2.00 bits per heavy atom. The van der Waals surface area contributed by atoms with Crippen LogP contribution in [0.1, 0.15) is 24.7 Å². The van der Waals surface area contributed by atoms with Gasteiger partial charge in [0.05, 0.1) is 32.6 Å². The van der Waals surface area contributed by atoms with E-state index in [-0.39, 0.29) is 0 Å². The largest absolute Gasteiger partial charge is 0.467 e. The van der Waals surface area contributed by atoms with E-state index in [1.165, 1.54) is 5.56 Å². The monoisotopic (exact) mass is 388 g/mol. The van der Waals surface area contributed by atoms with E-state index in [4.69, 9.17) is 21.4 Å². The van der Waals surface area contributed by atoms with Crippen LogP contribution in [0, 0.1) is 0 Å². The molecule has 0 bridgehead atoms. The summed E-state index contributed by atoms with van der Waals surface area (Å²) in [7, 11) is 0. The highest BCUT2D eigenvalue weighted by Gasteiger charge is 2.17. The number of anilines is 1. The standard InChI is InChI=1S/C21H29N3O2S/c1-2-18-7-3-4-9-20(18)22-21(27)24(17-19-8-5-14-26-19)11-6-10-23-12-15-25-16-13-23/h3-5,7-9,14H,2,6,10-13,15-17H2,1H3,(H,22,27)/p+1. The average Bonchev–Trinajstić information content (AvgIpc) is 3.21. The van der Waals surface area contributed by atoms with Gasteiger partial charge in [-0.3, -0.25) is 0 Å². The van der Waals surface area contributed by atoms with Crippen molar-refractivity contribution in [1.29, 1.82) is 0 Å². The molecule has 0 saturated carbocycles. The number of hydrogen-bond acceptors (Lipinski definition) is 3. The number of hydrogen-bond donors (Lipinski definition) is 2. The third-order valence-corrected chi connectivity index (χ3v) is 5.37. The molecule has 0 amide bonds. The number of benzene rings is 1. The summed E-state index contributed by atoms with van der Waals surface area (Å²) in [4.78, 5) is 3.83. The number of ether oxygens (including phenoxy) is 1. The van der Waals surface area contributed by atoms with Crippen molar-refractivity contribution in [1.82, 2.24) is 4.90 Å². The fraction of sp³-hybridized carbons (Fsp3) is 0.476. The minimum atomic E-state index is 0.686. The molecular weight excluding hydrogens is 358 g/mol. The number of aryl methyl sites for hydroxylation is 1. The van der Waals surface area contributed by atoms with Crippen molar-refractivity contribution in [2.75, 3.05) is 44.7 Å². The summed E-state index contributed by atoms with van der Waals surface area (Å²) in [6.07, 6.45) is 3.78. The van der Waals surface area contributed by atoms with Gasteiger partial charge in [0.25, 0.3) is 0 Å². The van der Waals surface area contributed by atoms with Gasteiger partial charge in [0.15, 0.2) is 5.11 Å². The van der Waals surface area contributed by atoms with Crippen molar-refractivity contribution in [2.45, 2.75) is 26.3 Å². The summed E-state index contributed by atoms with van der Waals surface area (Å²) in [5.41, 5.74) is 2.36. The maximum atomic E-state index is 5.75. The first-order valence-electron chi connectivity index (χ1n) is 9.83. The van der Waals surface area contributed by atoms with Crippen LogP contribution < -0.4 is 10.2 Å². The molecule has 2 N–H and O–H groups in total. The lowest BCUT2D eigenvalue weighted by atomic mass is 10.1. The fourth-order valence-corrected chi connectivity index (χ4v) is 3.68. The molecule has 146 valence electrons. The van der Waals surface area contributed by atoms with Gasteiger partial charge in [0.1, 0.15) is 18.8 Å². The van der Waals surface area contributed by atoms with Crippen molar-refractivity contribution >= 4 is 23.0 Å². The molecule has 3 rings (SSSR count). The van der Waals surface area contributed by atoms with Gasteiger partial charge in [-0.2, -0.15) is 0 Å². The molecule has 1 aromatic carbocycles. The van der Waals surface area contributed by atoms with Crippen molar-refractivity contribution < 1.29 is 14.1 Å². The van der Waals surface area contributed by atoms with Crippen LogP contribution in [0.5, 0.6) is 0 Å². The lowest BCUT2D eigenvalue weighted by Gasteiger charge is -2.28.